The van der Waals surface area contributed by atoms with Crippen molar-refractivity contribution in [3.05, 3.63) is 81.3 Å². The van der Waals surface area contributed by atoms with Gasteiger partial charge >= 0.3 is 0 Å². The SMILES string of the molecule is O=C(Nc1nc2c(s1)C(=O)CC(c1ccccc1)C2)c1cccc(Cl)c1. The fourth-order valence-corrected chi connectivity index (χ4v) is 4.27. The second kappa shape index (κ2) is 7.02. The Morgan fingerprint density at radius 1 is 1.12 bits per heavy atom. The Kier molecular flexibility index (Phi) is 4.57. The zero-order valence-corrected chi connectivity index (χ0v) is 15.3. The van der Waals surface area contributed by atoms with Gasteiger partial charge in [-0.15, -0.1) is 0 Å². The first-order valence-corrected chi connectivity index (χ1v) is 9.44. The standard InChI is InChI=1S/C20H15ClN2O2S/c21-15-8-4-7-13(9-15)19(25)23-20-22-16-10-14(11-17(24)18(16)26-20)12-5-2-1-3-6-12/h1-9,14H,10-11H2,(H,22,23,25). The van der Waals surface area contributed by atoms with Crippen molar-refractivity contribution in [2.75, 3.05) is 5.32 Å². The molecule has 1 N–H and O–H groups in total. The lowest BCUT2D eigenvalue weighted by Crippen LogP contribution is -2.17. The molecule has 1 heterocycles. The molecular formula is C20H15ClN2O2S. The third-order valence-corrected chi connectivity index (χ3v) is 5.69. The molecule has 0 spiro atoms. The van der Waals surface area contributed by atoms with Crippen LogP contribution in [0, 0.1) is 0 Å². The van der Waals surface area contributed by atoms with E-state index in [0.29, 0.717) is 33.4 Å². The maximum Gasteiger partial charge on any atom is 0.257 e. The predicted molar refractivity (Wildman–Crippen MR) is 103 cm³/mol. The van der Waals surface area contributed by atoms with E-state index in [1.54, 1.807) is 24.3 Å². The molecule has 0 fully saturated rings. The van der Waals surface area contributed by atoms with E-state index in [1.807, 2.05) is 30.3 Å². The molecule has 130 valence electrons. The van der Waals surface area contributed by atoms with E-state index >= 15 is 0 Å². The monoisotopic (exact) mass is 382 g/mol. The molecular weight excluding hydrogens is 368 g/mol. The molecule has 0 saturated heterocycles. The number of halogens is 1. The van der Waals surface area contributed by atoms with Crippen molar-refractivity contribution in [2.24, 2.45) is 0 Å². The van der Waals surface area contributed by atoms with E-state index in [0.717, 1.165) is 11.3 Å². The summed E-state index contributed by atoms with van der Waals surface area (Å²) in [5.74, 6) is -0.0682. The van der Waals surface area contributed by atoms with Crippen LogP contribution in [0.5, 0.6) is 0 Å². The molecule has 1 amide bonds. The zero-order chi connectivity index (χ0) is 18.1. The van der Waals surface area contributed by atoms with Gasteiger partial charge in [-0.1, -0.05) is 59.3 Å². The first kappa shape index (κ1) is 16.9. The number of nitrogens with one attached hydrogen (secondary N) is 1. The third kappa shape index (κ3) is 3.41. The molecule has 1 aliphatic rings. The van der Waals surface area contributed by atoms with Gasteiger partial charge in [0.05, 0.1) is 10.6 Å². The second-order valence-electron chi connectivity index (χ2n) is 6.20. The normalized spacial score (nSPS) is 16.2. The summed E-state index contributed by atoms with van der Waals surface area (Å²) in [6.07, 6.45) is 1.18. The number of thiazole rings is 1. The summed E-state index contributed by atoms with van der Waals surface area (Å²) >= 11 is 7.17. The molecule has 1 atom stereocenters. The number of nitrogens with zero attached hydrogens (tertiary/aromatic N) is 1. The number of amides is 1. The van der Waals surface area contributed by atoms with Gasteiger partial charge in [-0.25, -0.2) is 4.98 Å². The predicted octanol–water partition coefficient (Wildman–Crippen LogP) is 4.96. The summed E-state index contributed by atoms with van der Waals surface area (Å²) in [5.41, 5.74) is 2.37. The van der Waals surface area contributed by atoms with Gasteiger partial charge in [-0.05, 0) is 36.1 Å². The maximum atomic E-state index is 12.5. The highest BCUT2D eigenvalue weighted by atomic mass is 35.5. The van der Waals surface area contributed by atoms with E-state index in [9.17, 15) is 9.59 Å². The summed E-state index contributed by atoms with van der Waals surface area (Å²) in [6, 6.07) is 16.7. The number of aromatic nitrogens is 1. The smallest absolute Gasteiger partial charge is 0.257 e. The van der Waals surface area contributed by atoms with Gasteiger partial charge in [0, 0.05) is 17.0 Å². The van der Waals surface area contributed by atoms with Crippen LogP contribution in [0.25, 0.3) is 0 Å². The molecule has 2 aromatic carbocycles. The lowest BCUT2D eigenvalue weighted by Gasteiger charge is -2.20. The van der Waals surface area contributed by atoms with Crippen molar-refractivity contribution >= 4 is 39.8 Å². The van der Waals surface area contributed by atoms with Crippen LogP contribution < -0.4 is 5.32 Å². The average molecular weight is 383 g/mol. The number of benzene rings is 2. The van der Waals surface area contributed by atoms with Crippen molar-refractivity contribution in [1.29, 1.82) is 0 Å². The molecule has 1 unspecified atom stereocenters. The molecule has 0 radical (unpaired) electrons. The van der Waals surface area contributed by atoms with Crippen LogP contribution in [0.4, 0.5) is 5.13 Å². The number of hydrogen-bond donors (Lipinski definition) is 1. The molecule has 0 aliphatic heterocycles. The minimum absolute atomic E-state index is 0.0841. The number of Topliss-reactive ketones (excluding diaryl/α,β-unsaturated/α-hetero) is 1. The number of rotatable bonds is 3. The highest BCUT2D eigenvalue weighted by Gasteiger charge is 2.30. The summed E-state index contributed by atoms with van der Waals surface area (Å²) in [5, 5.41) is 3.72. The summed E-state index contributed by atoms with van der Waals surface area (Å²) in [6.45, 7) is 0. The maximum absolute atomic E-state index is 12.5. The molecule has 6 heteroatoms. The van der Waals surface area contributed by atoms with Gasteiger partial charge in [0.15, 0.2) is 10.9 Å². The van der Waals surface area contributed by atoms with Crippen LogP contribution in [-0.2, 0) is 6.42 Å². The van der Waals surface area contributed by atoms with Crippen LogP contribution >= 0.6 is 22.9 Å². The minimum Gasteiger partial charge on any atom is -0.298 e. The van der Waals surface area contributed by atoms with Gasteiger partial charge in [-0.2, -0.15) is 0 Å². The van der Waals surface area contributed by atoms with Gasteiger partial charge in [0.1, 0.15) is 0 Å². The van der Waals surface area contributed by atoms with Gasteiger partial charge < -0.3 is 0 Å². The Morgan fingerprint density at radius 2 is 1.92 bits per heavy atom. The minimum atomic E-state index is -0.286. The Bertz CT molecular complexity index is 984. The van der Waals surface area contributed by atoms with Crippen molar-refractivity contribution in [3.8, 4) is 0 Å². The Morgan fingerprint density at radius 3 is 2.69 bits per heavy atom. The highest BCUT2D eigenvalue weighted by molar-refractivity contribution is 7.17. The number of carbonyl (C=O) groups excluding carboxylic acids is 2. The zero-order valence-electron chi connectivity index (χ0n) is 13.7. The number of fused-ring (bicyclic) bond motifs is 1. The van der Waals surface area contributed by atoms with Crippen molar-refractivity contribution in [2.45, 2.75) is 18.8 Å². The first-order valence-electron chi connectivity index (χ1n) is 8.25. The van der Waals surface area contributed by atoms with Crippen LogP contribution in [-0.4, -0.2) is 16.7 Å². The molecule has 0 bridgehead atoms. The van der Waals surface area contributed by atoms with Crippen molar-refractivity contribution < 1.29 is 9.59 Å². The van der Waals surface area contributed by atoms with E-state index in [2.05, 4.69) is 10.3 Å². The van der Waals surface area contributed by atoms with Crippen molar-refractivity contribution in [1.82, 2.24) is 4.98 Å². The van der Waals surface area contributed by atoms with E-state index in [-0.39, 0.29) is 17.6 Å². The fraction of sp³-hybridized carbons (Fsp3) is 0.150. The molecule has 4 rings (SSSR count). The van der Waals surface area contributed by atoms with Crippen LogP contribution in [0.2, 0.25) is 5.02 Å². The largest absolute Gasteiger partial charge is 0.298 e. The summed E-state index contributed by atoms with van der Waals surface area (Å²) in [7, 11) is 0. The number of carbonyl (C=O) groups is 2. The summed E-state index contributed by atoms with van der Waals surface area (Å²) < 4.78 is 0. The Labute approximate surface area is 159 Å². The molecule has 3 aromatic rings. The topological polar surface area (TPSA) is 59.1 Å². The molecule has 26 heavy (non-hydrogen) atoms. The Balaban J connectivity index is 1.55. The fourth-order valence-electron chi connectivity index (χ4n) is 3.14. The van der Waals surface area contributed by atoms with Crippen LogP contribution in [0.15, 0.2) is 54.6 Å². The molecule has 1 aliphatic carbocycles. The average Bonchev–Trinajstić information content (AvgIpc) is 3.05. The lowest BCUT2D eigenvalue weighted by atomic mass is 9.85. The second-order valence-corrected chi connectivity index (χ2v) is 7.63. The number of ketones is 1. The van der Waals surface area contributed by atoms with Gasteiger partial charge in [0.25, 0.3) is 5.91 Å². The lowest BCUT2D eigenvalue weighted by molar-refractivity contribution is 0.0967. The van der Waals surface area contributed by atoms with Gasteiger partial charge in [0.2, 0.25) is 0 Å². The number of hydrogen-bond acceptors (Lipinski definition) is 4. The first-order chi connectivity index (χ1) is 12.6. The Hall–Kier alpha value is -2.50. The van der Waals surface area contributed by atoms with Crippen molar-refractivity contribution in [3.63, 3.8) is 0 Å². The molecule has 4 nitrogen and oxygen atoms in total. The molecule has 1 aromatic heterocycles. The van der Waals surface area contributed by atoms with Crippen LogP contribution in [0.1, 0.15) is 43.6 Å². The highest BCUT2D eigenvalue weighted by Crippen LogP contribution is 2.36. The molecule has 0 saturated carbocycles. The van der Waals surface area contributed by atoms with E-state index in [1.165, 1.54) is 11.3 Å². The van der Waals surface area contributed by atoms with E-state index < -0.39 is 0 Å². The van der Waals surface area contributed by atoms with E-state index in [4.69, 9.17) is 11.6 Å². The summed E-state index contributed by atoms with van der Waals surface area (Å²) in [4.78, 5) is 30.0. The van der Waals surface area contributed by atoms with Crippen LogP contribution in [0.3, 0.4) is 0 Å². The van der Waals surface area contributed by atoms with Gasteiger partial charge in [-0.3, -0.25) is 14.9 Å². The number of anilines is 1. The quantitative estimate of drug-likeness (QED) is 0.696. The third-order valence-electron chi connectivity index (χ3n) is 4.40.